The summed E-state index contributed by atoms with van der Waals surface area (Å²) >= 11 is 0. The van der Waals surface area contributed by atoms with Crippen molar-refractivity contribution in [3.63, 3.8) is 0 Å². The van der Waals surface area contributed by atoms with Crippen molar-refractivity contribution in [2.75, 3.05) is 19.7 Å². The largest absolute Gasteiger partial charge is 0.373 e. The fraction of sp³-hybridized carbons (Fsp3) is 0.520. The first-order valence-corrected chi connectivity index (χ1v) is 11.2. The van der Waals surface area contributed by atoms with Gasteiger partial charge in [0.05, 0.1) is 12.2 Å². The summed E-state index contributed by atoms with van der Waals surface area (Å²) < 4.78 is 6.35. The molecular weight excluding hydrogens is 376 g/mol. The summed E-state index contributed by atoms with van der Waals surface area (Å²) in [6, 6.07) is 19.5. The summed E-state index contributed by atoms with van der Waals surface area (Å²) in [5.41, 5.74) is 3.07. The van der Waals surface area contributed by atoms with Crippen molar-refractivity contribution in [3.05, 3.63) is 71.3 Å². The predicted octanol–water partition coefficient (Wildman–Crippen LogP) is 2.94. The molecule has 160 valence electrons. The fourth-order valence-corrected chi connectivity index (χ4v) is 5.34. The van der Waals surface area contributed by atoms with E-state index in [9.17, 15) is 10.2 Å². The second-order valence-electron chi connectivity index (χ2n) is 9.27. The molecule has 0 bridgehead atoms. The third-order valence-electron chi connectivity index (χ3n) is 7.17. The van der Waals surface area contributed by atoms with Gasteiger partial charge in [0.1, 0.15) is 0 Å². The van der Waals surface area contributed by atoms with E-state index in [0.717, 1.165) is 51.1 Å². The van der Waals surface area contributed by atoms with Crippen molar-refractivity contribution in [3.8, 4) is 0 Å². The van der Waals surface area contributed by atoms with E-state index in [-0.39, 0.29) is 5.60 Å². The van der Waals surface area contributed by atoms with Gasteiger partial charge in [-0.25, -0.2) is 0 Å². The Kier molecular flexibility index (Phi) is 5.65. The maximum absolute atomic E-state index is 9.61. The number of rotatable bonds is 6. The smallest absolute Gasteiger partial charge is 0.178 e. The Balaban J connectivity index is 1.11. The highest BCUT2D eigenvalue weighted by Crippen LogP contribution is 2.43. The lowest BCUT2D eigenvalue weighted by molar-refractivity contribution is -0.0491. The van der Waals surface area contributed by atoms with Crippen molar-refractivity contribution in [1.82, 2.24) is 10.2 Å². The standard InChI is InChI=1S/C25H32N2O3/c28-24(29)21-9-5-4-8-19(21)16-27-12-10-25(11-13-27)15-20(17-30-25)26-23-14-22(23)18-6-2-1-3-7-18/h1-9,20,22-24,26,28-29H,10-17H2/t20?,22-,23+/m0/s1. The molecule has 1 unspecified atom stereocenters. The average Bonchev–Trinajstić information content (AvgIpc) is 3.43. The third kappa shape index (κ3) is 4.32. The van der Waals surface area contributed by atoms with E-state index >= 15 is 0 Å². The number of aliphatic hydroxyl groups excluding tert-OH is 1. The van der Waals surface area contributed by atoms with Gasteiger partial charge in [0.15, 0.2) is 6.29 Å². The summed E-state index contributed by atoms with van der Waals surface area (Å²) in [5, 5.41) is 23.1. The molecule has 2 aliphatic heterocycles. The van der Waals surface area contributed by atoms with Crippen LogP contribution in [0.5, 0.6) is 0 Å². The van der Waals surface area contributed by atoms with E-state index in [1.54, 1.807) is 6.07 Å². The summed E-state index contributed by atoms with van der Waals surface area (Å²) in [6.45, 7) is 3.54. The molecule has 0 aromatic heterocycles. The topological polar surface area (TPSA) is 65.0 Å². The maximum atomic E-state index is 9.61. The Bertz CT molecular complexity index is 848. The highest BCUT2D eigenvalue weighted by atomic mass is 16.5. The first-order chi connectivity index (χ1) is 14.6. The first-order valence-electron chi connectivity index (χ1n) is 11.2. The molecule has 2 aromatic carbocycles. The molecule has 1 spiro atoms. The molecule has 2 aromatic rings. The number of benzene rings is 2. The van der Waals surface area contributed by atoms with Gasteiger partial charge in [-0.1, -0.05) is 54.6 Å². The van der Waals surface area contributed by atoms with Gasteiger partial charge in [0, 0.05) is 43.2 Å². The van der Waals surface area contributed by atoms with Crippen LogP contribution in [0.15, 0.2) is 54.6 Å². The van der Waals surface area contributed by atoms with E-state index in [1.165, 1.54) is 12.0 Å². The highest BCUT2D eigenvalue weighted by molar-refractivity contribution is 5.29. The van der Waals surface area contributed by atoms with E-state index < -0.39 is 6.29 Å². The Labute approximate surface area is 178 Å². The van der Waals surface area contributed by atoms with Crippen molar-refractivity contribution >= 4 is 0 Å². The van der Waals surface area contributed by atoms with Crippen LogP contribution < -0.4 is 5.32 Å². The Morgan fingerprint density at radius 3 is 2.53 bits per heavy atom. The molecule has 1 saturated carbocycles. The fourth-order valence-electron chi connectivity index (χ4n) is 5.34. The molecule has 3 N–H and O–H groups in total. The van der Waals surface area contributed by atoms with E-state index in [4.69, 9.17) is 4.74 Å². The van der Waals surface area contributed by atoms with Gasteiger partial charge in [-0.3, -0.25) is 4.90 Å². The normalized spacial score (nSPS) is 28.3. The minimum absolute atomic E-state index is 0.0152. The summed E-state index contributed by atoms with van der Waals surface area (Å²) in [6.07, 6.45) is 3.01. The van der Waals surface area contributed by atoms with Gasteiger partial charge >= 0.3 is 0 Å². The molecule has 5 heteroatoms. The van der Waals surface area contributed by atoms with E-state index in [1.807, 2.05) is 18.2 Å². The zero-order chi connectivity index (χ0) is 20.6. The van der Waals surface area contributed by atoms with Crippen LogP contribution in [0.2, 0.25) is 0 Å². The average molecular weight is 409 g/mol. The van der Waals surface area contributed by atoms with Crippen LogP contribution in [0, 0.1) is 0 Å². The number of nitrogens with one attached hydrogen (secondary N) is 1. The number of likely N-dealkylation sites (tertiary alicyclic amines) is 1. The van der Waals surface area contributed by atoms with Crippen molar-refractivity contribution in [1.29, 1.82) is 0 Å². The molecule has 0 radical (unpaired) electrons. The SMILES string of the molecule is OC(O)c1ccccc1CN1CCC2(CC1)CC(N[C@@H]1C[C@H]1c1ccccc1)CO2. The molecule has 2 heterocycles. The Hall–Kier alpha value is -1.76. The molecule has 5 rings (SSSR count). The molecule has 1 aliphatic carbocycles. The lowest BCUT2D eigenvalue weighted by Gasteiger charge is -2.39. The van der Waals surface area contributed by atoms with Crippen molar-refractivity contribution in [2.24, 2.45) is 0 Å². The number of aliphatic hydroxyl groups is 2. The number of hydrogen-bond donors (Lipinski definition) is 3. The number of nitrogens with zero attached hydrogens (tertiary/aromatic N) is 1. The lowest BCUT2D eigenvalue weighted by Crippen LogP contribution is -2.44. The molecular formula is C25H32N2O3. The summed E-state index contributed by atoms with van der Waals surface area (Å²) in [7, 11) is 0. The molecule has 3 atom stereocenters. The number of ether oxygens (including phenoxy) is 1. The molecule has 30 heavy (non-hydrogen) atoms. The maximum Gasteiger partial charge on any atom is 0.178 e. The van der Waals surface area contributed by atoms with Gasteiger partial charge in [-0.2, -0.15) is 0 Å². The van der Waals surface area contributed by atoms with Crippen LogP contribution in [0.1, 0.15) is 54.6 Å². The van der Waals surface area contributed by atoms with Crippen LogP contribution in [0.3, 0.4) is 0 Å². The lowest BCUT2D eigenvalue weighted by atomic mass is 9.87. The van der Waals surface area contributed by atoms with Crippen molar-refractivity contribution in [2.45, 2.75) is 62.1 Å². The van der Waals surface area contributed by atoms with Gasteiger partial charge < -0.3 is 20.3 Å². The quantitative estimate of drug-likeness (QED) is 0.642. The predicted molar refractivity (Wildman–Crippen MR) is 116 cm³/mol. The third-order valence-corrected chi connectivity index (χ3v) is 7.17. The zero-order valence-corrected chi connectivity index (χ0v) is 17.4. The van der Waals surface area contributed by atoms with Crippen LogP contribution >= 0.6 is 0 Å². The van der Waals surface area contributed by atoms with Crippen LogP contribution in [-0.4, -0.2) is 52.5 Å². The first kappa shape index (κ1) is 20.2. The van der Waals surface area contributed by atoms with Gasteiger partial charge in [0.2, 0.25) is 0 Å². The second kappa shape index (κ2) is 8.40. The number of piperidine rings is 1. The molecule has 5 nitrogen and oxygen atoms in total. The minimum Gasteiger partial charge on any atom is -0.373 e. The summed E-state index contributed by atoms with van der Waals surface area (Å²) in [4.78, 5) is 2.41. The Morgan fingerprint density at radius 1 is 1.03 bits per heavy atom. The van der Waals surface area contributed by atoms with Crippen LogP contribution in [-0.2, 0) is 11.3 Å². The van der Waals surface area contributed by atoms with E-state index in [2.05, 4.69) is 40.5 Å². The summed E-state index contributed by atoms with van der Waals surface area (Å²) in [5.74, 6) is 0.659. The monoisotopic (exact) mass is 408 g/mol. The van der Waals surface area contributed by atoms with Crippen molar-refractivity contribution < 1.29 is 14.9 Å². The minimum atomic E-state index is -1.41. The van der Waals surface area contributed by atoms with Gasteiger partial charge in [0.25, 0.3) is 0 Å². The van der Waals surface area contributed by atoms with Gasteiger partial charge in [-0.05, 0) is 36.8 Å². The van der Waals surface area contributed by atoms with Gasteiger partial charge in [-0.15, -0.1) is 0 Å². The zero-order valence-electron chi connectivity index (χ0n) is 17.4. The van der Waals surface area contributed by atoms with Crippen LogP contribution in [0.4, 0.5) is 0 Å². The molecule has 2 saturated heterocycles. The highest BCUT2D eigenvalue weighted by Gasteiger charge is 2.46. The second-order valence-corrected chi connectivity index (χ2v) is 9.27. The number of hydrogen-bond acceptors (Lipinski definition) is 5. The Morgan fingerprint density at radius 2 is 1.77 bits per heavy atom. The van der Waals surface area contributed by atoms with Crippen LogP contribution in [0.25, 0.3) is 0 Å². The molecule has 3 fully saturated rings. The van der Waals surface area contributed by atoms with E-state index in [0.29, 0.717) is 23.6 Å². The molecule has 3 aliphatic rings. The molecule has 0 amide bonds.